The third-order valence-electron chi connectivity index (χ3n) is 9.15. The van der Waals surface area contributed by atoms with Gasteiger partial charge in [0.05, 0.1) is 19.1 Å². The summed E-state index contributed by atoms with van der Waals surface area (Å²) in [5.41, 5.74) is 4.02. The molecule has 5 aliphatic carbocycles. The topological polar surface area (TPSA) is 73.2 Å². The average molecular weight is 476 g/mol. The van der Waals surface area contributed by atoms with Crippen LogP contribution in [-0.4, -0.2) is 34.8 Å². The molecule has 4 bridgehead atoms. The summed E-state index contributed by atoms with van der Waals surface area (Å²) >= 11 is 0. The van der Waals surface area contributed by atoms with E-state index < -0.39 is 0 Å². The van der Waals surface area contributed by atoms with Gasteiger partial charge in [-0.15, -0.1) is 0 Å². The molecule has 6 heteroatoms. The van der Waals surface area contributed by atoms with Crippen LogP contribution in [0.15, 0.2) is 30.3 Å². The lowest BCUT2D eigenvalue weighted by atomic mass is 9.49. The number of nitrogens with zero attached hydrogens (tertiary/aromatic N) is 2. The number of carbonyl (C=O) groups is 2. The molecule has 0 aliphatic heterocycles. The van der Waals surface area contributed by atoms with Gasteiger partial charge in [-0.25, -0.2) is 0 Å². The van der Waals surface area contributed by atoms with E-state index in [0.29, 0.717) is 43.5 Å². The predicted octanol–water partition coefficient (Wildman–Crippen LogP) is 4.55. The Hall–Kier alpha value is -2.63. The van der Waals surface area contributed by atoms with Crippen molar-refractivity contribution >= 4 is 11.9 Å². The number of ether oxygens (including phenoxy) is 1. The molecule has 0 radical (unpaired) electrons. The van der Waals surface area contributed by atoms with Gasteiger partial charge in [0.1, 0.15) is 0 Å². The SMILES string of the molecule is CCOC(=O)C1CCc2c(C(=O)NCC34CC5CC(CC(C5)C3)C4)nn(Cc3ccccc3)c2C1. The van der Waals surface area contributed by atoms with E-state index in [1.54, 1.807) is 0 Å². The van der Waals surface area contributed by atoms with Gasteiger partial charge in [-0.1, -0.05) is 30.3 Å². The van der Waals surface area contributed by atoms with E-state index >= 15 is 0 Å². The first kappa shape index (κ1) is 22.8. The minimum absolute atomic E-state index is 0.0432. The number of nitrogens with one attached hydrogen (secondary N) is 1. The van der Waals surface area contributed by atoms with Crippen LogP contribution in [0, 0.1) is 29.1 Å². The van der Waals surface area contributed by atoms with Crippen LogP contribution in [0.4, 0.5) is 0 Å². The lowest BCUT2D eigenvalue weighted by Gasteiger charge is -2.56. The van der Waals surface area contributed by atoms with Crippen LogP contribution in [0.3, 0.4) is 0 Å². The quantitative estimate of drug-likeness (QED) is 0.597. The highest BCUT2D eigenvalue weighted by Gasteiger charge is 2.50. The van der Waals surface area contributed by atoms with Crippen LogP contribution in [0.2, 0.25) is 0 Å². The van der Waals surface area contributed by atoms with Gasteiger partial charge in [-0.2, -0.15) is 5.10 Å². The summed E-state index contributed by atoms with van der Waals surface area (Å²) in [6.07, 6.45) is 10.0. The second-order valence-electron chi connectivity index (χ2n) is 11.7. The number of esters is 1. The lowest BCUT2D eigenvalue weighted by Crippen LogP contribution is -2.51. The summed E-state index contributed by atoms with van der Waals surface area (Å²) in [5.74, 6) is 2.26. The van der Waals surface area contributed by atoms with E-state index in [2.05, 4.69) is 17.4 Å². The van der Waals surface area contributed by atoms with E-state index in [1.165, 1.54) is 38.5 Å². The minimum Gasteiger partial charge on any atom is -0.466 e. The number of hydrogen-bond donors (Lipinski definition) is 1. The number of fused-ring (bicyclic) bond motifs is 1. The molecule has 6 nitrogen and oxygen atoms in total. The lowest BCUT2D eigenvalue weighted by molar-refractivity contribution is -0.148. The largest absolute Gasteiger partial charge is 0.466 e. The third kappa shape index (κ3) is 4.41. The first-order valence-corrected chi connectivity index (χ1v) is 13.6. The molecule has 2 aromatic rings. The Morgan fingerprint density at radius 1 is 1.09 bits per heavy atom. The third-order valence-corrected chi connectivity index (χ3v) is 9.15. The summed E-state index contributed by atoms with van der Waals surface area (Å²) in [4.78, 5) is 26.0. The molecule has 4 saturated carbocycles. The zero-order valence-electron chi connectivity index (χ0n) is 20.8. The van der Waals surface area contributed by atoms with Crippen molar-refractivity contribution in [3.63, 3.8) is 0 Å². The fourth-order valence-electron chi connectivity index (χ4n) is 8.07. The van der Waals surface area contributed by atoms with Crippen molar-refractivity contribution in [1.82, 2.24) is 15.1 Å². The Kier molecular flexibility index (Phi) is 5.93. The highest BCUT2D eigenvalue weighted by Crippen LogP contribution is 2.59. The fourth-order valence-corrected chi connectivity index (χ4v) is 8.07. The molecule has 1 atom stereocenters. The Bertz CT molecular complexity index is 1070. The second kappa shape index (κ2) is 9.11. The van der Waals surface area contributed by atoms with Gasteiger partial charge >= 0.3 is 5.97 Å². The molecule has 1 unspecified atom stereocenters. The normalized spacial score (nSPS) is 30.7. The highest BCUT2D eigenvalue weighted by molar-refractivity contribution is 5.94. The van der Waals surface area contributed by atoms with Crippen molar-refractivity contribution in [1.29, 1.82) is 0 Å². The molecule has 5 aliphatic rings. The van der Waals surface area contributed by atoms with Crippen molar-refractivity contribution in [2.75, 3.05) is 13.2 Å². The molecule has 0 spiro atoms. The number of benzene rings is 1. The monoisotopic (exact) mass is 475 g/mol. The molecule has 1 heterocycles. The van der Waals surface area contributed by atoms with Crippen LogP contribution in [0.5, 0.6) is 0 Å². The molecular formula is C29H37N3O3. The van der Waals surface area contributed by atoms with Gasteiger partial charge in [0.2, 0.25) is 0 Å². The summed E-state index contributed by atoms with van der Waals surface area (Å²) < 4.78 is 7.27. The Balaban J connectivity index is 1.23. The maximum atomic E-state index is 13.5. The van der Waals surface area contributed by atoms with Crippen LogP contribution in [-0.2, 0) is 28.9 Å². The maximum Gasteiger partial charge on any atom is 0.309 e. The average Bonchev–Trinajstić information content (AvgIpc) is 3.20. The van der Waals surface area contributed by atoms with Gasteiger partial charge in [-0.3, -0.25) is 14.3 Å². The molecule has 1 aromatic heterocycles. The predicted molar refractivity (Wildman–Crippen MR) is 133 cm³/mol. The van der Waals surface area contributed by atoms with Gasteiger partial charge in [0, 0.05) is 24.2 Å². The van der Waals surface area contributed by atoms with Crippen LogP contribution >= 0.6 is 0 Å². The van der Waals surface area contributed by atoms with Crippen molar-refractivity contribution < 1.29 is 14.3 Å². The van der Waals surface area contributed by atoms with Crippen LogP contribution < -0.4 is 5.32 Å². The second-order valence-corrected chi connectivity index (χ2v) is 11.7. The summed E-state index contributed by atoms with van der Waals surface area (Å²) in [7, 11) is 0. The zero-order valence-corrected chi connectivity index (χ0v) is 20.8. The van der Waals surface area contributed by atoms with E-state index in [-0.39, 0.29) is 17.8 Å². The number of aromatic nitrogens is 2. The standard InChI is InChI=1S/C29H37N3O3/c1-2-35-28(34)23-8-9-24-25(13-23)32(17-19-6-4-3-5-7-19)31-26(24)27(33)30-18-29-14-20-10-21(15-29)12-22(11-20)16-29/h3-7,20-23H,2,8-18H2,1H3,(H,30,33). The van der Waals surface area contributed by atoms with Crippen molar-refractivity contribution in [2.24, 2.45) is 29.1 Å². The van der Waals surface area contributed by atoms with Gasteiger partial charge in [0.25, 0.3) is 5.91 Å². The molecule has 35 heavy (non-hydrogen) atoms. The Morgan fingerprint density at radius 3 is 2.43 bits per heavy atom. The smallest absolute Gasteiger partial charge is 0.309 e. The molecule has 0 saturated heterocycles. The molecular weight excluding hydrogens is 438 g/mol. The van der Waals surface area contributed by atoms with Gasteiger partial charge in [0.15, 0.2) is 5.69 Å². The van der Waals surface area contributed by atoms with Crippen LogP contribution in [0.25, 0.3) is 0 Å². The van der Waals surface area contributed by atoms with E-state index in [1.807, 2.05) is 29.8 Å². The van der Waals surface area contributed by atoms with Crippen molar-refractivity contribution in [3.8, 4) is 0 Å². The first-order valence-electron chi connectivity index (χ1n) is 13.6. The fraction of sp³-hybridized carbons (Fsp3) is 0.621. The number of amides is 1. The van der Waals surface area contributed by atoms with Crippen LogP contribution in [0.1, 0.15) is 79.2 Å². The molecule has 1 amide bonds. The summed E-state index contributed by atoms with van der Waals surface area (Å²) in [6, 6.07) is 10.2. The van der Waals surface area contributed by atoms with Crippen molar-refractivity contribution in [3.05, 3.63) is 52.8 Å². The summed E-state index contributed by atoms with van der Waals surface area (Å²) in [5, 5.41) is 8.18. The molecule has 1 aromatic carbocycles. The van der Waals surface area contributed by atoms with Gasteiger partial charge in [-0.05, 0) is 87.0 Å². The number of hydrogen-bond acceptors (Lipinski definition) is 4. The highest BCUT2D eigenvalue weighted by atomic mass is 16.5. The van der Waals surface area contributed by atoms with Gasteiger partial charge < -0.3 is 10.1 Å². The zero-order chi connectivity index (χ0) is 24.0. The number of rotatable bonds is 7. The molecule has 4 fully saturated rings. The summed E-state index contributed by atoms with van der Waals surface area (Å²) in [6.45, 7) is 3.61. The van der Waals surface area contributed by atoms with E-state index in [4.69, 9.17) is 9.84 Å². The van der Waals surface area contributed by atoms with E-state index in [9.17, 15) is 9.59 Å². The molecule has 1 N–H and O–H groups in total. The molecule has 186 valence electrons. The Labute approximate surface area is 207 Å². The first-order chi connectivity index (χ1) is 17.0. The molecule has 7 rings (SSSR count). The van der Waals surface area contributed by atoms with Crippen molar-refractivity contribution in [2.45, 2.75) is 71.3 Å². The minimum atomic E-state index is -0.170. The number of carbonyl (C=O) groups excluding carboxylic acids is 2. The maximum absolute atomic E-state index is 13.5. The Morgan fingerprint density at radius 2 is 1.77 bits per heavy atom. The van der Waals surface area contributed by atoms with E-state index in [0.717, 1.165) is 41.1 Å².